The molecule has 0 bridgehead atoms. The number of hydrogen-bond donors (Lipinski definition) is 3. The van der Waals surface area contributed by atoms with E-state index in [4.69, 9.17) is 9.94 Å². The van der Waals surface area contributed by atoms with Crippen molar-refractivity contribution in [2.45, 2.75) is 13.8 Å². The van der Waals surface area contributed by atoms with E-state index in [2.05, 4.69) is 11.6 Å². The van der Waals surface area contributed by atoms with Gasteiger partial charge in [-0.3, -0.25) is 15.5 Å². The van der Waals surface area contributed by atoms with Crippen LogP contribution < -0.4 is 11.0 Å². The number of H-pyrrole nitrogens is 1. The van der Waals surface area contributed by atoms with Crippen molar-refractivity contribution in [1.82, 2.24) is 4.98 Å². The lowest BCUT2D eigenvalue weighted by Crippen LogP contribution is -2.14. The van der Waals surface area contributed by atoms with Gasteiger partial charge in [-0.1, -0.05) is 6.58 Å². The van der Waals surface area contributed by atoms with Crippen molar-refractivity contribution in [3.8, 4) is 0 Å². The van der Waals surface area contributed by atoms with Crippen molar-refractivity contribution >= 4 is 11.4 Å². The quantitative estimate of drug-likeness (QED) is 0.520. The summed E-state index contributed by atoms with van der Waals surface area (Å²) >= 11 is 0. The Hall–Kier alpha value is -1.75. The Morgan fingerprint density at radius 1 is 1.73 bits per heavy atom. The lowest BCUT2D eigenvalue weighted by atomic mass is 10.2. The van der Waals surface area contributed by atoms with E-state index in [1.54, 1.807) is 6.92 Å². The zero-order valence-electron chi connectivity index (χ0n) is 8.76. The highest BCUT2D eigenvalue weighted by molar-refractivity contribution is 5.67. The topological polar surface area (TPSA) is 74.4 Å². The van der Waals surface area contributed by atoms with Gasteiger partial charge in [0.25, 0.3) is 5.56 Å². The third kappa shape index (κ3) is 2.38. The molecule has 1 rings (SSSR count). The number of aromatic nitrogens is 1. The molecule has 0 aromatic carbocycles. The Balaban J connectivity index is 3.21. The lowest BCUT2D eigenvalue weighted by Gasteiger charge is -2.11. The first-order chi connectivity index (χ1) is 7.10. The van der Waals surface area contributed by atoms with E-state index in [0.717, 1.165) is 0 Å². The van der Waals surface area contributed by atoms with E-state index in [9.17, 15) is 4.79 Å². The molecule has 15 heavy (non-hydrogen) atoms. The molecule has 1 heterocycles. The summed E-state index contributed by atoms with van der Waals surface area (Å²) in [4.78, 5) is 13.9. The highest BCUT2D eigenvalue weighted by Gasteiger charge is 2.09. The number of pyridine rings is 1. The molecule has 5 nitrogen and oxygen atoms in total. The minimum Gasteiger partial charge on any atom is -0.492 e. The summed E-state index contributed by atoms with van der Waals surface area (Å²) in [6.45, 7) is 7.55. The second-order valence-corrected chi connectivity index (χ2v) is 3.04. The standard InChI is InChI=1S/C10H14N2O3/c1-4-15-7(3)9-8(12-14)5-6(2)10(13)11-9/h5,12,14H,3-4H2,1-2H3,(H,11,13). The molecule has 0 atom stereocenters. The average molecular weight is 210 g/mol. The van der Waals surface area contributed by atoms with E-state index in [1.165, 1.54) is 6.07 Å². The van der Waals surface area contributed by atoms with Crippen LogP contribution in [0.2, 0.25) is 0 Å². The fraction of sp³-hybridized carbons (Fsp3) is 0.300. The van der Waals surface area contributed by atoms with Crippen LogP contribution in [0.25, 0.3) is 5.76 Å². The van der Waals surface area contributed by atoms with Crippen molar-refractivity contribution < 1.29 is 9.94 Å². The van der Waals surface area contributed by atoms with Crippen molar-refractivity contribution in [1.29, 1.82) is 0 Å². The Morgan fingerprint density at radius 2 is 2.40 bits per heavy atom. The van der Waals surface area contributed by atoms with Crippen LogP contribution in [0.15, 0.2) is 17.4 Å². The third-order valence-corrected chi connectivity index (χ3v) is 1.94. The average Bonchev–Trinajstić information content (AvgIpc) is 2.21. The number of aryl methyl sites for hydroxylation is 1. The van der Waals surface area contributed by atoms with Gasteiger partial charge in [-0.15, -0.1) is 0 Å². The van der Waals surface area contributed by atoms with Crippen LogP contribution in [0.3, 0.4) is 0 Å². The smallest absolute Gasteiger partial charge is 0.251 e. The highest BCUT2D eigenvalue weighted by Crippen LogP contribution is 2.19. The predicted octanol–water partition coefficient (Wildman–Crippen LogP) is 1.49. The van der Waals surface area contributed by atoms with Gasteiger partial charge in [-0.05, 0) is 19.9 Å². The van der Waals surface area contributed by atoms with Gasteiger partial charge in [0.05, 0.1) is 12.3 Å². The van der Waals surface area contributed by atoms with Gasteiger partial charge in [0.1, 0.15) is 11.5 Å². The molecule has 5 heteroatoms. The summed E-state index contributed by atoms with van der Waals surface area (Å²) in [6, 6.07) is 1.53. The Labute approximate surface area is 87.4 Å². The molecular formula is C10H14N2O3. The maximum Gasteiger partial charge on any atom is 0.251 e. The molecule has 82 valence electrons. The van der Waals surface area contributed by atoms with Gasteiger partial charge in [0.15, 0.2) is 0 Å². The molecule has 0 spiro atoms. The molecule has 0 aliphatic rings. The summed E-state index contributed by atoms with van der Waals surface area (Å²) in [7, 11) is 0. The normalized spacial score (nSPS) is 9.80. The molecule has 0 unspecified atom stereocenters. The first-order valence-corrected chi connectivity index (χ1v) is 4.56. The van der Waals surface area contributed by atoms with Crippen molar-refractivity contribution in [3.05, 3.63) is 34.3 Å². The second kappa shape index (κ2) is 4.65. The molecule has 1 aromatic rings. The number of hydrogen-bond acceptors (Lipinski definition) is 4. The van der Waals surface area contributed by atoms with Crippen molar-refractivity contribution in [2.24, 2.45) is 0 Å². The maximum atomic E-state index is 11.4. The van der Waals surface area contributed by atoms with Crippen molar-refractivity contribution in [3.63, 3.8) is 0 Å². The van der Waals surface area contributed by atoms with Gasteiger partial charge in [-0.2, -0.15) is 0 Å². The molecule has 0 fully saturated rings. The van der Waals surface area contributed by atoms with Crippen LogP contribution in [-0.2, 0) is 4.74 Å². The first kappa shape index (κ1) is 11.3. The van der Waals surface area contributed by atoms with Crippen LogP contribution in [0.4, 0.5) is 5.69 Å². The minimum atomic E-state index is -0.232. The van der Waals surface area contributed by atoms with E-state index in [1.807, 2.05) is 12.4 Å². The van der Waals surface area contributed by atoms with Crippen LogP contribution in [0, 0.1) is 6.92 Å². The molecule has 0 amide bonds. The number of ether oxygens (including phenoxy) is 1. The fourth-order valence-electron chi connectivity index (χ4n) is 1.19. The molecule has 0 radical (unpaired) electrons. The molecule has 0 aliphatic carbocycles. The molecule has 0 saturated carbocycles. The van der Waals surface area contributed by atoms with Crippen LogP contribution in [0.5, 0.6) is 0 Å². The van der Waals surface area contributed by atoms with E-state index < -0.39 is 0 Å². The monoisotopic (exact) mass is 210 g/mol. The molecule has 0 aliphatic heterocycles. The van der Waals surface area contributed by atoms with Gasteiger partial charge < -0.3 is 9.72 Å². The highest BCUT2D eigenvalue weighted by atomic mass is 16.5. The van der Waals surface area contributed by atoms with Crippen molar-refractivity contribution in [2.75, 3.05) is 12.1 Å². The minimum absolute atomic E-state index is 0.232. The summed E-state index contributed by atoms with van der Waals surface area (Å²) in [5, 5.41) is 8.88. The fourth-order valence-corrected chi connectivity index (χ4v) is 1.19. The van der Waals surface area contributed by atoms with E-state index in [-0.39, 0.29) is 5.56 Å². The zero-order chi connectivity index (χ0) is 11.4. The van der Waals surface area contributed by atoms with Crippen LogP contribution >= 0.6 is 0 Å². The largest absolute Gasteiger partial charge is 0.492 e. The summed E-state index contributed by atoms with van der Waals surface area (Å²) in [5.74, 6) is 0.311. The third-order valence-electron chi connectivity index (χ3n) is 1.94. The second-order valence-electron chi connectivity index (χ2n) is 3.04. The number of aromatic amines is 1. The van der Waals surface area contributed by atoms with Crippen LogP contribution in [-0.4, -0.2) is 16.8 Å². The summed E-state index contributed by atoms with van der Waals surface area (Å²) in [5.41, 5.74) is 2.98. The Morgan fingerprint density at radius 3 is 2.93 bits per heavy atom. The van der Waals surface area contributed by atoms with Gasteiger partial charge >= 0.3 is 0 Å². The van der Waals surface area contributed by atoms with Gasteiger partial charge in [-0.25, -0.2) is 0 Å². The summed E-state index contributed by atoms with van der Waals surface area (Å²) in [6.07, 6.45) is 0. The SMILES string of the molecule is C=C(OCC)c1[nH]c(=O)c(C)cc1NO. The predicted molar refractivity (Wildman–Crippen MR) is 57.9 cm³/mol. The maximum absolute atomic E-state index is 11.4. The van der Waals surface area contributed by atoms with Gasteiger partial charge in [0.2, 0.25) is 0 Å². The number of rotatable bonds is 4. The Kier molecular flexibility index (Phi) is 3.51. The molecule has 3 N–H and O–H groups in total. The molecule has 0 saturated heterocycles. The van der Waals surface area contributed by atoms with Crippen LogP contribution in [0.1, 0.15) is 18.2 Å². The lowest BCUT2D eigenvalue weighted by molar-refractivity contribution is 0.297. The van der Waals surface area contributed by atoms with Gasteiger partial charge in [0, 0.05) is 5.56 Å². The summed E-state index contributed by atoms with van der Waals surface area (Å²) < 4.78 is 5.15. The number of nitrogens with one attached hydrogen (secondary N) is 2. The molecule has 1 aromatic heterocycles. The van der Waals surface area contributed by atoms with E-state index >= 15 is 0 Å². The number of anilines is 1. The first-order valence-electron chi connectivity index (χ1n) is 4.56. The van der Waals surface area contributed by atoms with E-state index in [0.29, 0.717) is 29.3 Å². The zero-order valence-corrected chi connectivity index (χ0v) is 8.76. The Bertz CT molecular complexity index is 423. The molecular weight excluding hydrogens is 196 g/mol.